The molecule has 0 fully saturated rings. The Balaban J connectivity index is 3.37. The van der Waals surface area contributed by atoms with E-state index in [1.54, 1.807) is 0 Å². The molecule has 0 saturated heterocycles. The third kappa shape index (κ3) is 3.75. The van der Waals surface area contributed by atoms with Crippen molar-refractivity contribution in [3.8, 4) is 0 Å². The number of rotatable bonds is 3. The zero-order valence-corrected chi connectivity index (χ0v) is 11.6. The molecule has 0 rings (SSSR count). The van der Waals surface area contributed by atoms with E-state index in [-0.39, 0.29) is 8.55 Å². The van der Waals surface area contributed by atoms with Gasteiger partial charge in [0.2, 0.25) is 0 Å². The second-order valence-electron chi connectivity index (χ2n) is 2.44. The maximum atomic E-state index is 8.70. The van der Waals surface area contributed by atoms with E-state index in [1.807, 2.05) is 0 Å². The van der Waals surface area contributed by atoms with Gasteiger partial charge in [-0.2, -0.15) is 0 Å². The summed E-state index contributed by atoms with van der Waals surface area (Å²) in [5.41, 5.74) is 0. The van der Waals surface area contributed by atoms with E-state index in [0.29, 0.717) is 0 Å². The Morgan fingerprint density at radius 3 is 2.25 bits per heavy atom. The highest BCUT2D eigenvalue weighted by molar-refractivity contribution is 7.39. The molecule has 0 aromatic rings. The molecule has 50 valence electrons. The molecule has 0 amide bonds. The fraction of sp³-hybridized carbons (Fsp3) is 1.00. The highest BCUT2D eigenvalue weighted by atomic mass is 29.6. The zero-order chi connectivity index (χ0) is 6.62. The molecule has 0 aliphatic heterocycles. The second-order valence-corrected chi connectivity index (χ2v) is 21.0. The minimum Gasteiger partial charge on any atom is -0.466 e. The number of hydrogen-bond acceptors (Lipinski definition) is 2. The van der Waals surface area contributed by atoms with E-state index in [9.17, 15) is 0 Å². The quantitative estimate of drug-likeness (QED) is 0.476. The molecule has 0 atom stereocenters. The molecule has 0 aromatic heterocycles. The highest BCUT2D eigenvalue weighted by Gasteiger charge is 2.18. The van der Waals surface area contributed by atoms with Crippen LogP contribution in [0, 0.1) is 0 Å². The van der Waals surface area contributed by atoms with E-state index in [1.165, 1.54) is 0 Å². The lowest BCUT2D eigenvalue weighted by Gasteiger charge is -2.17. The van der Waals surface area contributed by atoms with E-state index in [2.05, 4.69) is 13.1 Å². The largest absolute Gasteiger partial charge is 0.466 e. The summed E-state index contributed by atoms with van der Waals surface area (Å²) in [6, 6.07) is 0. The van der Waals surface area contributed by atoms with Crippen LogP contribution in [-0.2, 0) is 4.12 Å². The molecule has 0 aromatic carbocycles. The normalized spacial score (nSPS) is 15.4. The molecular formula is C2H14O2Si4. The Morgan fingerprint density at radius 2 is 2.12 bits per heavy atom. The van der Waals surface area contributed by atoms with Gasteiger partial charge in [0.05, 0.1) is 8.55 Å². The molecule has 0 saturated carbocycles. The first-order chi connectivity index (χ1) is 3.62. The molecule has 1 N–H and O–H groups in total. The van der Waals surface area contributed by atoms with Crippen molar-refractivity contribution in [2.45, 2.75) is 13.1 Å². The molecule has 0 aliphatic rings. The van der Waals surface area contributed by atoms with Gasteiger partial charge in [-0.25, -0.2) is 0 Å². The van der Waals surface area contributed by atoms with Gasteiger partial charge in [0.25, 0.3) is 0 Å². The smallest absolute Gasteiger partial charge is 0.151 e. The summed E-state index contributed by atoms with van der Waals surface area (Å²) >= 11 is 0. The topological polar surface area (TPSA) is 29.5 Å². The van der Waals surface area contributed by atoms with Crippen molar-refractivity contribution < 1.29 is 8.91 Å². The van der Waals surface area contributed by atoms with Crippen molar-refractivity contribution >= 4 is 36.2 Å². The van der Waals surface area contributed by atoms with Crippen LogP contribution in [0.3, 0.4) is 0 Å². The van der Waals surface area contributed by atoms with Gasteiger partial charge in [0.15, 0.2) is 7.83 Å². The maximum absolute atomic E-state index is 8.70. The first-order valence-corrected chi connectivity index (χ1v) is 13.5. The van der Waals surface area contributed by atoms with Gasteiger partial charge in [-0.05, 0) is 13.1 Å². The summed E-state index contributed by atoms with van der Waals surface area (Å²) in [6.07, 6.45) is 0. The second kappa shape index (κ2) is 3.75. The lowest BCUT2D eigenvalue weighted by Crippen LogP contribution is -2.41. The predicted octanol–water partition coefficient (Wildman–Crippen LogP) is -2.85. The minimum atomic E-state index is -1.16. The average Bonchev–Trinajstić information content (AvgIpc) is 1.67. The van der Waals surface area contributed by atoms with E-state index >= 15 is 0 Å². The monoisotopic (exact) mass is 182 g/mol. The Bertz CT molecular complexity index is 65.1. The van der Waals surface area contributed by atoms with Crippen molar-refractivity contribution in [2.24, 2.45) is 0 Å². The fourth-order valence-electron chi connectivity index (χ4n) is 0.371. The van der Waals surface area contributed by atoms with Crippen molar-refractivity contribution in [2.75, 3.05) is 0 Å². The van der Waals surface area contributed by atoms with E-state index in [0.717, 1.165) is 10.5 Å². The van der Waals surface area contributed by atoms with E-state index < -0.39 is 17.1 Å². The average molecular weight is 182 g/mol. The molecule has 0 heterocycles. The summed E-state index contributed by atoms with van der Waals surface area (Å²) < 4.78 is 5.39. The first-order valence-electron chi connectivity index (χ1n) is 2.78. The fourth-order valence-corrected chi connectivity index (χ4v) is 15.5. The lowest BCUT2D eigenvalue weighted by atomic mass is 11.9. The lowest BCUT2D eigenvalue weighted by molar-refractivity contribution is 0.617. The Morgan fingerprint density at radius 1 is 1.62 bits per heavy atom. The Kier molecular flexibility index (Phi) is 4.11. The molecule has 2 nitrogen and oxygen atoms in total. The molecule has 0 spiro atoms. The van der Waals surface area contributed by atoms with Gasteiger partial charge >= 0.3 is 0 Å². The van der Waals surface area contributed by atoms with Gasteiger partial charge in [0, 0.05) is 0 Å². The van der Waals surface area contributed by atoms with E-state index in [4.69, 9.17) is 8.91 Å². The van der Waals surface area contributed by atoms with Crippen LogP contribution in [0.4, 0.5) is 0 Å². The molecule has 8 heavy (non-hydrogen) atoms. The van der Waals surface area contributed by atoms with Crippen LogP contribution in [-0.4, -0.2) is 41.0 Å². The predicted molar refractivity (Wildman–Crippen MR) is 47.8 cm³/mol. The summed E-state index contributed by atoms with van der Waals surface area (Å²) in [4.78, 5) is 8.70. The third-order valence-electron chi connectivity index (χ3n) is 1.27. The van der Waals surface area contributed by atoms with Crippen LogP contribution in [0.25, 0.3) is 0 Å². The van der Waals surface area contributed by atoms with Crippen LogP contribution < -0.4 is 0 Å². The highest BCUT2D eigenvalue weighted by Crippen LogP contribution is 1.96. The van der Waals surface area contributed by atoms with Gasteiger partial charge < -0.3 is 8.91 Å². The van der Waals surface area contributed by atoms with Crippen molar-refractivity contribution in [3.63, 3.8) is 0 Å². The van der Waals surface area contributed by atoms with Crippen molar-refractivity contribution in [1.29, 1.82) is 0 Å². The molecule has 0 aliphatic carbocycles. The van der Waals surface area contributed by atoms with Crippen LogP contribution in [0.2, 0.25) is 13.1 Å². The molecular weight excluding hydrogens is 168 g/mol. The maximum Gasteiger partial charge on any atom is 0.151 e. The summed E-state index contributed by atoms with van der Waals surface area (Å²) in [6.45, 7) is 4.44. The van der Waals surface area contributed by atoms with Crippen LogP contribution >= 0.6 is 0 Å². The summed E-state index contributed by atoms with van der Waals surface area (Å²) in [5, 5.41) is 0. The van der Waals surface area contributed by atoms with Gasteiger partial charge in [0.1, 0.15) is 19.8 Å². The molecule has 0 bridgehead atoms. The summed E-state index contributed by atoms with van der Waals surface area (Å²) in [7, 11) is -1.00. The summed E-state index contributed by atoms with van der Waals surface area (Å²) in [5.74, 6) is 0. The van der Waals surface area contributed by atoms with Gasteiger partial charge in [-0.3, -0.25) is 0 Å². The third-order valence-corrected chi connectivity index (χ3v) is 26.8. The zero-order valence-electron chi connectivity index (χ0n) is 5.77. The minimum absolute atomic E-state index is 0.105. The molecule has 0 radical (unpaired) electrons. The van der Waals surface area contributed by atoms with Gasteiger partial charge in [-0.1, -0.05) is 0 Å². The Hall–Kier alpha value is 0.788. The SMILES string of the molecule is C[Si](C)(O[SiH3])[SiH2][SiH2]O. The van der Waals surface area contributed by atoms with Crippen molar-refractivity contribution in [1.82, 2.24) is 0 Å². The van der Waals surface area contributed by atoms with Crippen LogP contribution in [0.1, 0.15) is 0 Å². The molecule has 6 heteroatoms. The van der Waals surface area contributed by atoms with Crippen LogP contribution in [0.15, 0.2) is 0 Å². The Labute approximate surface area is 58.7 Å². The van der Waals surface area contributed by atoms with Gasteiger partial charge in [-0.15, -0.1) is 0 Å². The first kappa shape index (κ1) is 8.79. The van der Waals surface area contributed by atoms with Crippen molar-refractivity contribution in [3.05, 3.63) is 0 Å². The molecule has 0 unspecified atom stereocenters. The standard InChI is InChI=1S/C2H14O2Si4/c1-8(2,4-5)7-6-3/h3H,6-7H2,1-2,5H3. The van der Waals surface area contributed by atoms with Crippen LogP contribution in [0.5, 0.6) is 0 Å². The number of hydrogen-bond donors (Lipinski definition) is 1.